The van der Waals surface area contributed by atoms with Gasteiger partial charge in [0, 0.05) is 0 Å². The SMILES string of the molecule is O=S(=O)(NS(=O)(=O)C(F)(F)C(F)(F)S(=O)(=O)Oc1ccccc1)OC1CC2CC1C1CCCC21. The maximum atomic E-state index is 14.4. The fraction of sp³-hybridized carbons (Fsp3) is 0.667. The Morgan fingerprint density at radius 3 is 2.09 bits per heavy atom. The van der Waals surface area contributed by atoms with E-state index >= 15 is 0 Å². The number of para-hydroxylation sites is 1. The number of alkyl halides is 4. The van der Waals surface area contributed by atoms with Gasteiger partial charge >= 0.3 is 30.9 Å². The number of hydrogen-bond acceptors (Lipinski definition) is 8. The molecule has 34 heavy (non-hydrogen) atoms. The van der Waals surface area contributed by atoms with E-state index in [1.807, 2.05) is 0 Å². The molecule has 1 aromatic rings. The first-order chi connectivity index (χ1) is 15.6. The molecule has 0 radical (unpaired) electrons. The minimum absolute atomic E-state index is 0.153. The number of halogens is 4. The zero-order valence-electron chi connectivity index (χ0n) is 17.3. The molecule has 0 spiro atoms. The molecule has 0 saturated heterocycles. The summed E-state index contributed by atoms with van der Waals surface area (Å²) in [6.07, 6.45) is 2.69. The predicted octanol–water partition coefficient (Wildman–Crippen LogP) is 2.59. The maximum absolute atomic E-state index is 14.4. The second kappa shape index (κ2) is 8.28. The van der Waals surface area contributed by atoms with Crippen molar-refractivity contribution in [2.75, 3.05) is 0 Å². The molecular weight excluding hydrogens is 530 g/mol. The molecule has 1 N–H and O–H groups in total. The van der Waals surface area contributed by atoms with E-state index in [0.717, 1.165) is 43.5 Å². The lowest BCUT2D eigenvalue weighted by Gasteiger charge is -2.31. The predicted molar refractivity (Wildman–Crippen MR) is 109 cm³/mol. The van der Waals surface area contributed by atoms with Gasteiger partial charge in [-0.2, -0.15) is 34.4 Å². The highest BCUT2D eigenvalue weighted by atomic mass is 32.3. The average molecular weight is 552 g/mol. The highest BCUT2D eigenvalue weighted by molar-refractivity contribution is 8.03. The molecule has 192 valence electrons. The maximum Gasteiger partial charge on any atom is 0.459 e. The molecule has 3 saturated carbocycles. The fourth-order valence-electron chi connectivity index (χ4n) is 5.44. The third-order valence-corrected chi connectivity index (χ3v) is 11.3. The number of benzene rings is 1. The van der Waals surface area contributed by atoms with Crippen LogP contribution in [0.25, 0.3) is 0 Å². The van der Waals surface area contributed by atoms with Crippen molar-refractivity contribution in [3.63, 3.8) is 0 Å². The Bertz CT molecular complexity index is 1260. The van der Waals surface area contributed by atoms with Gasteiger partial charge in [0.05, 0.1) is 6.10 Å². The Balaban J connectivity index is 1.51. The van der Waals surface area contributed by atoms with Crippen molar-refractivity contribution >= 4 is 30.4 Å². The van der Waals surface area contributed by atoms with E-state index in [1.54, 1.807) is 0 Å². The summed E-state index contributed by atoms with van der Waals surface area (Å²) >= 11 is 0. The Labute approximate surface area is 194 Å². The second-order valence-electron chi connectivity index (χ2n) is 8.71. The van der Waals surface area contributed by atoms with Gasteiger partial charge < -0.3 is 4.18 Å². The first-order valence-electron chi connectivity index (χ1n) is 10.3. The summed E-state index contributed by atoms with van der Waals surface area (Å²) in [5.41, 5.74) is 0. The zero-order chi connectivity index (χ0) is 25.2. The minimum Gasteiger partial charge on any atom is -0.378 e. The summed E-state index contributed by atoms with van der Waals surface area (Å²) in [4.78, 5) is 0. The van der Waals surface area contributed by atoms with Crippen molar-refractivity contribution in [3.05, 3.63) is 30.3 Å². The van der Waals surface area contributed by atoms with Crippen LogP contribution in [0.5, 0.6) is 5.75 Å². The first kappa shape index (κ1) is 25.6. The summed E-state index contributed by atoms with van der Waals surface area (Å²) < 4.78 is 139. The van der Waals surface area contributed by atoms with E-state index in [4.69, 9.17) is 4.18 Å². The summed E-state index contributed by atoms with van der Waals surface area (Å²) in [6, 6.07) is 5.33. The first-order valence-corrected chi connectivity index (χ1v) is 14.6. The molecule has 5 atom stereocenters. The van der Waals surface area contributed by atoms with E-state index in [-0.39, 0.29) is 24.2 Å². The van der Waals surface area contributed by atoms with E-state index in [9.17, 15) is 42.8 Å². The largest absolute Gasteiger partial charge is 0.459 e. The van der Waals surface area contributed by atoms with E-state index in [2.05, 4.69) is 4.18 Å². The van der Waals surface area contributed by atoms with Gasteiger partial charge in [-0.3, -0.25) is 4.18 Å². The third kappa shape index (κ3) is 4.20. The van der Waals surface area contributed by atoms with Crippen molar-refractivity contribution in [2.45, 2.75) is 48.7 Å². The van der Waals surface area contributed by atoms with Crippen LogP contribution in [0.15, 0.2) is 30.3 Å². The van der Waals surface area contributed by atoms with Crippen molar-refractivity contribution in [3.8, 4) is 5.75 Å². The fourth-order valence-corrected chi connectivity index (χ4v) is 9.35. The second-order valence-corrected chi connectivity index (χ2v) is 13.6. The minimum atomic E-state index is -6.83. The van der Waals surface area contributed by atoms with Gasteiger partial charge in [0.2, 0.25) is 0 Å². The molecule has 0 amide bonds. The van der Waals surface area contributed by atoms with Crippen LogP contribution in [-0.4, -0.2) is 41.9 Å². The summed E-state index contributed by atoms with van der Waals surface area (Å²) in [5.74, 6) is -0.289. The van der Waals surface area contributed by atoms with Crippen LogP contribution in [0.1, 0.15) is 32.1 Å². The van der Waals surface area contributed by atoms with Crippen LogP contribution in [0.2, 0.25) is 0 Å². The smallest absolute Gasteiger partial charge is 0.378 e. The molecule has 3 aliphatic rings. The van der Waals surface area contributed by atoms with Gasteiger partial charge in [-0.25, -0.2) is 8.42 Å². The molecule has 0 aromatic heterocycles. The molecule has 9 nitrogen and oxygen atoms in total. The monoisotopic (exact) mass is 551 g/mol. The highest BCUT2D eigenvalue weighted by Crippen LogP contribution is 2.59. The standard InChI is InChI=1S/C18H21F4NO8S3/c19-17(20,18(21,22)33(26,27)30-12-5-2-1-3-6-12)32(24,25)23-34(28,29)31-16-10-11-9-15(16)14-8-4-7-13(11)14/h1-3,5-6,11,13-16,23H,4,7-10H2. The van der Waals surface area contributed by atoms with Crippen LogP contribution in [0.4, 0.5) is 17.6 Å². The van der Waals surface area contributed by atoms with Crippen LogP contribution >= 0.6 is 0 Å². The molecule has 1 aromatic carbocycles. The van der Waals surface area contributed by atoms with Crippen LogP contribution in [0, 0.1) is 23.7 Å². The van der Waals surface area contributed by atoms with Crippen LogP contribution in [-0.2, 0) is 34.6 Å². The van der Waals surface area contributed by atoms with E-state index in [1.165, 1.54) is 6.07 Å². The quantitative estimate of drug-likeness (QED) is 0.366. The summed E-state index contributed by atoms with van der Waals surface area (Å²) in [5, 5.41) is -12.8. The lowest BCUT2D eigenvalue weighted by atomic mass is 9.80. The van der Waals surface area contributed by atoms with Gasteiger partial charge in [-0.15, -0.1) is 0 Å². The molecule has 0 aliphatic heterocycles. The zero-order valence-corrected chi connectivity index (χ0v) is 19.8. The van der Waals surface area contributed by atoms with Gasteiger partial charge in [0.15, 0.2) is 0 Å². The van der Waals surface area contributed by atoms with Gasteiger partial charge in [-0.1, -0.05) is 28.7 Å². The molecule has 2 bridgehead atoms. The molecule has 3 fully saturated rings. The van der Waals surface area contributed by atoms with Gasteiger partial charge in [-0.05, 0) is 61.5 Å². The van der Waals surface area contributed by atoms with Crippen LogP contribution in [0.3, 0.4) is 0 Å². The molecule has 0 heterocycles. The molecule has 4 rings (SSSR count). The Kier molecular flexibility index (Phi) is 6.24. The van der Waals surface area contributed by atoms with Gasteiger partial charge in [0.25, 0.3) is 10.0 Å². The number of sulfonamides is 1. The average Bonchev–Trinajstić information content (AvgIpc) is 3.40. The van der Waals surface area contributed by atoms with Crippen LogP contribution < -0.4 is 8.31 Å². The molecule has 3 aliphatic carbocycles. The normalized spacial score (nSPS) is 29.8. The lowest BCUT2D eigenvalue weighted by molar-refractivity contribution is -0.101. The number of fused-ring (bicyclic) bond motifs is 5. The lowest BCUT2D eigenvalue weighted by Crippen LogP contribution is -2.57. The Morgan fingerprint density at radius 2 is 1.44 bits per heavy atom. The van der Waals surface area contributed by atoms with Gasteiger partial charge in [0.1, 0.15) is 5.75 Å². The number of rotatable bonds is 9. The molecule has 16 heteroatoms. The van der Waals surface area contributed by atoms with Crippen molar-refractivity contribution in [1.29, 1.82) is 0 Å². The summed E-state index contributed by atoms with van der Waals surface area (Å²) in [6.45, 7) is 0. The van der Waals surface area contributed by atoms with Crippen molar-refractivity contribution in [1.82, 2.24) is 4.13 Å². The topological polar surface area (TPSA) is 133 Å². The van der Waals surface area contributed by atoms with E-state index < -0.39 is 52.8 Å². The van der Waals surface area contributed by atoms with Crippen molar-refractivity contribution in [2.24, 2.45) is 23.7 Å². The highest BCUT2D eigenvalue weighted by Gasteiger charge is 2.75. The molecular formula is C18H21F4NO8S3. The Hall–Kier alpha value is -1.49. The number of nitrogens with one attached hydrogen (secondary N) is 1. The van der Waals surface area contributed by atoms with Crippen molar-refractivity contribution < 1.29 is 51.2 Å². The summed E-state index contributed by atoms with van der Waals surface area (Å²) in [7, 11) is -18.9. The Morgan fingerprint density at radius 1 is 0.824 bits per heavy atom. The third-order valence-electron chi connectivity index (χ3n) is 6.77. The molecule has 5 unspecified atom stereocenters. The number of hydrogen-bond donors (Lipinski definition) is 1. The van der Waals surface area contributed by atoms with E-state index in [0.29, 0.717) is 16.5 Å².